The first kappa shape index (κ1) is 18.9. The third-order valence-corrected chi connectivity index (χ3v) is 4.30. The zero-order valence-corrected chi connectivity index (χ0v) is 14.6. The second-order valence-electron chi connectivity index (χ2n) is 3.52. The maximum atomic E-state index is 11.6. The van der Waals surface area contributed by atoms with E-state index in [4.69, 9.17) is 4.74 Å². The van der Waals surface area contributed by atoms with E-state index in [-0.39, 0.29) is 45.9 Å². The smallest absolute Gasteiger partial charge is 0.768 e. The van der Waals surface area contributed by atoms with Gasteiger partial charge < -0.3 is 9.29 Å². The van der Waals surface area contributed by atoms with Crippen LogP contribution in [-0.2, 0) is 21.1 Å². The third-order valence-electron chi connectivity index (χ3n) is 2.10. The minimum atomic E-state index is -3.54. The van der Waals surface area contributed by atoms with Crippen molar-refractivity contribution >= 4 is 26.8 Å². The molecule has 0 aliphatic rings. The van der Waals surface area contributed by atoms with E-state index in [1.165, 1.54) is 25.3 Å². The van der Waals surface area contributed by atoms with Crippen LogP contribution in [0.15, 0.2) is 23.1 Å². The molecular weight excluding hydrogens is 301 g/mol. The van der Waals surface area contributed by atoms with Crippen LogP contribution in [-0.4, -0.2) is 30.0 Å². The van der Waals surface area contributed by atoms with Crippen molar-refractivity contribution in [3.8, 4) is 5.75 Å². The Balaban J connectivity index is 0.00000324. The van der Waals surface area contributed by atoms with E-state index in [0.717, 1.165) is 0 Å². The number of methoxy groups -OCH3 is 1. The Hall–Kier alpha value is -0.120. The molecule has 0 amide bonds. The Morgan fingerprint density at radius 1 is 1.42 bits per heavy atom. The average Bonchev–Trinajstić information content (AvgIpc) is 2.27. The largest absolute Gasteiger partial charge is 1.00 e. The molecule has 102 valence electrons. The van der Waals surface area contributed by atoms with Crippen molar-refractivity contribution in [1.82, 2.24) is 0 Å². The van der Waals surface area contributed by atoms with E-state index in [0.29, 0.717) is 12.2 Å². The number of hydrogen-bond acceptors (Lipinski definition) is 5. The van der Waals surface area contributed by atoms with Crippen LogP contribution in [0.25, 0.3) is 0 Å². The molecule has 1 aromatic rings. The average molecular weight is 315 g/mol. The van der Waals surface area contributed by atoms with E-state index in [1.54, 1.807) is 6.92 Å². The summed E-state index contributed by atoms with van der Waals surface area (Å²) in [6, 6.07) is 4.06. The molecule has 0 saturated heterocycles. The third kappa shape index (κ3) is 5.80. The number of rotatable bonds is 6. The molecule has 0 heterocycles. The van der Waals surface area contributed by atoms with Gasteiger partial charge in [-0.05, 0) is 29.6 Å². The summed E-state index contributed by atoms with van der Waals surface area (Å²) in [5, 5.41) is 0. The minimum Gasteiger partial charge on any atom is -0.768 e. The molecule has 0 radical (unpaired) electrons. The molecule has 0 bridgehead atoms. The van der Waals surface area contributed by atoms with Crippen LogP contribution in [0.5, 0.6) is 5.75 Å². The van der Waals surface area contributed by atoms with Crippen molar-refractivity contribution in [1.29, 1.82) is 0 Å². The fraction of sp³-hybridized carbons (Fsp3) is 0.400. The number of benzene rings is 1. The first-order valence-electron chi connectivity index (χ1n) is 5.17. The quantitative estimate of drug-likeness (QED) is 0.488. The number of ether oxygens (including phenoxy) is 1. The maximum absolute atomic E-state index is 11.6. The standard InChI is InChI=1S/C10H15NO5S2.Na/c1-3-6-18(14,15)11-9-7-8(16-2)4-5-10(9)17(12)13;/h4-5,7,11H,3,6H2,1-2H3,(H,12,13);/q;+1/p-1. The van der Waals surface area contributed by atoms with Gasteiger partial charge in [-0.2, -0.15) is 0 Å². The van der Waals surface area contributed by atoms with Crippen molar-refractivity contribution in [2.45, 2.75) is 18.2 Å². The van der Waals surface area contributed by atoms with Crippen LogP contribution in [0.4, 0.5) is 5.69 Å². The molecule has 6 nitrogen and oxygen atoms in total. The SMILES string of the molecule is CCCS(=O)(=O)Nc1cc(OC)ccc1S(=O)[O-].[Na+]. The molecular formula is C10H14NNaO5S2. The molecule has 9 heteroatoms. The molecule has 0 saturated carbocycles. The second kappa shape index (κ2) is 8.23. The van der Waals surface area contributed by atoms with Crippen molar-refractivity contribution in [2.24, 2.45) is 0 Å². The van der Waals surface area contributed by atoms with Gasteiger partial charge in [0.2, 0.25) is 10.0 Å². The molecule has 0 aliphatic carbocycles. The summed E-state index contributed by atoms with van der Waals surface area (Å²) in [4.78, 5) is -0.115. The van der Waals surface area contributed by atoms with E-state index in [1.807, 2.05) is 0 Å². The Bertz CT molecular complexity index is 547. The van der Waals surface area contributed by atoms with Gasteiger partial charge in [-0.1, -0.05) is 6.92 Å². The van der Waals surface area contributed by atoms with Gasteiger partial charge in [0, 0.05) is 11.0 Å². The molecule has 0 spiro atoms. The van der Waals surface area contributed by atoms with Crippen LogP contribution in [0.3, 0.4) is 0 Å². The molecule has 0 fully saturated rings. The molecule has 1 unspecified atom stereocenters. The second-order valence-corrected chi connectivity index (χ2v) is 6.27. The number of nitrogens with one attached hydrogen (secondary N) is 1. The summed E-state index contributed by atoms with van der Waals surface area (Å²) in [6.07, 6.45) is 0.440. The van der Waals surface area contributed by atoms with Gasteiger partial charge in [-0.15, -0.1) is 0 Å². The number of hydrogen-bond donors (Lipinski definition) is 1. The maximum Gasteiger partial charge on any atom is 1.00 e. The molecule has 1 aromatic carbocycles. The summed E-state index contributed by atoms with van der Waals surface area (Å²) in [5.74, 6) is 0.299. The van der Waals surface area contributed by atoms with Crippen LogP contribution in [0.2, 0.25) is 0 Å². The minimum absolute atomic E-state index is 0. The first-order valence-corrected chi connectivity index (χ1v) is 7.90. The van der Waals surface area contributed by atoms with Gasteiger partial charge in [0.25, 0.3) is 0 Å². The molecule has 1 atom stereocenters. The van der Waals surface area contributed by atoms with E-state index in [2.05, 4.69) is 4.72 Å². The predicted octanol–water partition coefficient (Wildman–Crippen LogP) is -1.91. The number of anilines is 1. The van der Waals surface area contributed by atoms with Gasteiger partial charge >= 0.3 is 29.6 Å². The zero-order chi connectivity index (χ0) is 13.8. The summed E-state index contributed by atoms with van der Waals surface area (Å²) in [7, 11) is -2.13. The molecule has 19 heavy (non-hydrogen) atoms. The van der Waals surface area contributed by atoms with Crippen LogP contribution >= 0.6 is 0 Å². The van der Waals surface area contributed by atoms with E-state index >= 15 is 0 Å². The van der Waals surface area contributed by atoms with E-state index < -0.39 is 21.1 Å². The Morgan fingerprint density at radius 2 is 2.05 bits per heavy atom. The van der Waals surface area contributed by atoms with Crippen LogP contribution in [0, 0.1) is 0 Å². The summed E-state index contributed by atoms with van der Waals surface area (Å²) in [6.45, 7) is 1.72. The predicted molar refractivity (Wildman–Crippen MR) is 67.9 cm³/mol. The molecule has 1 rings (SSSR count). The molecule has 1 N–H and O–H groups in total. The fourth-order valence-corrected chi connectivity index (χ4v) is 3.03. The fourth-order valence-electron chi connectivity index (χ4n) is 1.35. The van der Waals surface area contributed by atoms with Crippen LogP contribution in [0.1, 0.15) is 13.3 Å². The summed E-state index contributed by atoms with van der Waals surface area (Å²) < 4.78 is 52.4. The van der Waals surface area contributed by atoms with Crippen molar-refractivity contribution < 1.29 is 51.5 Å². The number of sulfonamides is 1. The molecule has 0 aromatic heterocycles. The van der Waals surface area contributed by atoms with Crippen LogP contribution < -0.4 is 39.0 Å². The first-order chi connectivity index (χ1) is 8.39. The Kier molecular flexibility index (Phi) is 8.18. The van der Waals surface area contributed by atoms with Gasteiger partial charge in [0.1, 0.15) is 5.75 Å². The van der Waals surface area contributed by atoms with Crippen molar-refractivity contribution in [2.75, 3.05) is 17.6 Å². The van der Waals surface area contributed by atoms with Gasteiger partial charge in [-0.3, -0.25) is 8.93 Å². The van der Waals surface area contributed by atoms with Crippen molar-refractivity contribution in [3.05, 3.63) is 18.2 Å². The van der Waals surface area contributed by atoms with Gasteiger partial charge in [0.15, 0.2) is 0 Å². The monoisotopic (exact) mass is 315 g/mol. The molecule has 0 aliphatic heterocycles. The topological polar surface area (TPSA) is 95.5 Å². The van der Waals surface area contributed by atoms with E-state index in [9.17, 15) is 17.2 Å². The normalized spacial score (nSPS) is 12.4. The van der Waals surface area contributed by atoms with Crippen molar-refractivity contribution in [3.63, 3.8) is 0 Å². The Labute approximate surface area is 137 Å². The summed E-state index contributed by atoms with van der Waals surface area (Å²) >= 11 is -2.52. The zero-order valence-electron chi connectivity index (χ0n) is 11.0. The van der Waals surface area contributed by atoms with Gasteiger partial charge in [-0.25, -0.2) is 8.42 Å². The summed E-state index contributed by atoms with van der Waals surface area (Å²) in [5.41, 5.74) is -0.00358. The van der Waals surface area contributed by atoms with Gasteiger partial charge in [0.05, 0.1) is 18.6 Å². The Morgan fingerprint density at radius 3 is 2.53 bits per heavy atom.